The molecule has 1 heterocycles. The Balaban J connectivity index is 2.83. The van der Waals surface area contributed by atoms with Crippen LogP contribution in [0.4, 0.5) is 5.82 Å². The number of nitrogens with one attached hydrogen (secondary N) is 1. The first-order valence-electron chi connectivity index (χ1n) is 4.80. The van der Waals surface area contributed by atoms with Gasteiger partial charge in [0.2, 0.25) is 0 Å². The minimum absolute atomic E-state index is 0.0919. The fourth-order valence-corrected chi connectivity index (χ4v) is 0.990. The molecule has 0 fully saturated rings. The van der Waals surface area contributed by atoms with Crippen molar-refractivity contribution in [1.29, 1.82) is 1.34 Å². The Labute approximate surface area is 85.3 Å². The fraction of sp³-hybridized carbons (Fsp3) is 0.429. The molecule has 0 aliphatic heterocycles. The van der Waals surface area contributed by atoms with Crippen molar-refractivity contribution in [2.45, 2.75) is 19.9 Å². The first kappa shape index (κ1) is 9.18. The van der Waals surface area contributed by atoms with E-state index < -0.39 is 0 Å². The maximum atomic E-state index is 11.4. The first-order valence-corrected chi connectivity index (χ1v) is 4.22. The number of nitrogens with zero attached hydrogens (tertiary/aromatic N) is 3. The van der Waals surface area contributed by atoms with Crippen LogP contribution < -0.4 is 10.9 Å². The molecule has 0 atom stereocenters. The summed E-state index contributed by atoms with van der Waals surface area (Å²) in [6.07, 6.45) is 1.67. The SMILES string of the molecule is [2H][B]N=BNc1ccn(C(C)C)c(=O)n1. The molecule has 1 N–H and O–H groups in total. The third-order valence-corrected chi connectivity index (χ3v) is 1.67. The molecule has 0 amide bonds. The molecule has 7 heteroatoms. The van der Waals surface area contributed by atoms with Gasteiger partial charge in [-0.15, -0.1) is 0 Å². The van der Waals surface area contributed by atoms with Crippen LogP contribution in [0.3, 0.4) is 0 Å². The molecule has 71 valence electrons. The van der Waals surface area contributed by atoms with Gasteiger partial charge in [0.05, 0.1) is 0 Å². The Kier molecular flexibility index (Phi) is 3.10. The Morgan fingerprint density at radius 3 is 3.21 bits per heavy atom. The van der Waals surface area contributed by atoms with Crippen LogP contribution in [0.15, 0.2) is 21.9 Å². The van der Waals surface area contributed by atoms with Gasteiger partial charge in [0.15, 0.2) is 0 Å². The van der Waals surface area contributed by atoms with Crippen molar-refractivity contribution in [2.24, 2.45) is 4.81 Å². The van der Waals surface area contributed by atoms with Gasteiger partial charge in [-0.1, -0.05) is 0 Å². The van der Waals surface area contributed by atoms with Gasteiger partial charge in [0.25, 0.3) is 0 Å². The van der Waals surface area contributed by atoms with Gasteiger partial charge in [-0.25, -0.2) is 0 Å². The van der Waals surface area contributed by atoms with Crippen molar-refractivity contribution in [3.05, 3.63) is 22.7 Å². The van der Waals surface area contributed by atoms with Gasteiger partial charge < -0.3 is 0 Å². The van der Waals surface area contributed by atoms with Crippen LogP contribution in [-0.4, -0.2) is 26.0 Å². The normalized spacial score (nSPS) is 11.2. The summed E-state index contributed by atoms with van der Waals surface area (Å²) in [5.41, 5.74) is -0.307. The molecule has 0 aromatic carbocycles. The summed E-state index contributed by atoms with van der Waals surface area (Å²) in [5, 5.41) is 2.69. The van der Waals surface area contributed by atoms with E-state index in [-0.39, 0.29) is 11.7 Å². The predicted molar refractivity (Wildman–Crippen MR) is 57.8 cm³/mol. The second kappa shape index (κ2) is 4.74. The van der Waals surface area contributed by atoms with Gasteiger partial charge >= 0.3 is 84.5 Å². The summed E-state index contributed by atoms with van der Waals surface area (Å²) in [4.78, 5) is 18.7. The number of hydrogen-bond donors (Lipinski definition) is 1. The van der Waals surface area contributed by atoms with E-state index >= 15 is 0 Å². The van der Waals surface area contributed by atoms with Gasteiger partial charge in [-0.3, -0.25) is 0 Å². The van der Waals surface area contributed by atoms with Gasteiger partial charge in [0.1, 0.15) is 0 Å². The number of anilines is 1. The summed E-state index contributed by atoms with van der Waals surface area (Å²) in [7, 11) is 2.19. The molecule has 1 aromatic rings. The molecule has 5 nitrogen and oxygen atoms in total. The van der Waals surface area contributed by atoms with Crippen LogP contribution in [0.25, 0.3) is 0 Å². The van der Waals surface area contributed by atoms with E-state index in [1.54, 1.807) is 12.3 Å². The van der Waals surface area contributed by atoms with E-state index in [0.29, 0.717) is 5.82 Å². The van der Waals surface area contributed by atoms with Crippen LogP contribution in [0.5, 0.6) is 0 Å². The van der Waals surface area contributed by atoms with Gasteiger partial charge in [-0.2, -0.15) is 0 Å². The van der Waals surface area contributed by atoms with Crippen LogP contribution in [-0.2, 0) is 0 Å². The average molecular weight is 190 g/mol. The van der Waals surface area contributed by atoms with Crippen molar-refractivity contribution in [1.82, 2.24) is 9.55 Å². The Hall–Kier alpha value is -1.39. The summed E-state index contributed by atoms with van der Waals surface area (Å²) in [5.74, 6) is 0.419. The van der Waals surface area contributed by atoms with E-state index in [0.717, 1.165) is 7.94 Å². The van der Waals surface area contributed by atoms with E-state index in [1.807, 2.05) is 13.8 Å². The number of rotatable bonds is 4. The van der Waals surface area contributed by atoms with Crippen molar-refractivity contribution in [2.75, 3.05) is 5.23 Å². The van der Waals surface area contributed by atoms with E-state index in [1.165, 1.54) is 11.8 Å². The zero-order valence-corrected chi connectivity index (χ0v) is 8.14. The summed E-state index contributed by atoms with van der Waals surface area (Å²) in [6.45, 7) is 3.82. The zero-order chi connectivity index (χ0) is 11.3. The van der Waals surface area contributed by atoms with Crippen LogP contribution in [0.2, 0.25) is 0 Å². The van der Waals surface area contributed by atoms with Crippen molar-refractivity contribution in [3.8, 4) is 0 Å². The van der Waals surface area contributed by atoms with Gasteiger partial charge in [0, 0.05) is 0 Å². The van der Waals surface area contributed by atoms with Crippen LogP contribution in [0.1, 0.15) is 19.9 Å². The van der Waals surface area contributed by atoms with E-state index in [9.17, 15) is 4.79 Å². The Bertz CT molecular complexity index is 406. The minimum atomic E-state index is -0.307. The molecule has 0 saturated heterocycles. The molecular formula is C7H11B2N4O. The summed E-state index contributed by atoms with van der Waals surface area (Å²) >= 11 is 0. The Morgan fingerprint density at radius 1 is 1.86 bits per heavy atom. The molecule has 0 aliphatic rings. The van der Waals surface area contributed by atoms with Crippen molar-refractivity contribution >= 4 is 21.0 Å². The monoisotopic (exact) mass is 190 g/mol. The maximum absolute atomic E-state index is 11.4. The van der Waals surface area contributed by atoms with E-state index in [4.69, 9.17) is 1.34 Å². The molecule has 0 unspecified atom stereocenters. The van der Waals surface area contributed by atoms with Crippen molar-refractivity contribution < 1.29 is 0 Å². The molecule has 1 radical (unpaired) electrons. The molecule has 0 spiro atoms. The number of aromatic nitrogens is 2. The molecule has 0 aliphatic carbocycles. The summed E-state index contributed by atoms with van der Waals surface area (Å²) in [6, 6.07) is 1.77. The molecule has 0 saturated carbocycles. The Morgan fingerprint density at radius 2 is 2.64 bits per heavy atom. The predicted octanol–water partition coefficient (Wildman–Crippen LogP) is -0.145. The fourth-order valence-electron chi connectivity index (χ4n) is 0.990. The molecule has 1 aromatic heterocycles. The molecule has 14 heavy (non-hydrogen) atoms. The zero-order valence-electron chi connectivity index (χ0n) is 9.14. The van der Waals surface area contributed by atoms with Crippen LogP contribution in [0, 0.1) is 0 Å². The van der Waals surface area contributed by atoms with E-state index in [2.05, 4.69) is 15.0 Å². The van der Waals surface area contributed by atoms with Gasteiger partial charge in [-0.05, 0) is 0 Å². The first-order chi connectivity index (χ1) is 7.15. The second-order valence-electron chi connectivity index (χ2n) is 3.02. The molecule has 0 bridgehead atoms. The third-order valence-electron chi connectivity index (χ3n) is 1.67. The van der Waals surface area contributed by atoms with Crippen LogP contribution >= 0.6 is 0 Å². The topological polar surface area (TPSA) is 59.3 Å². The second-order valence-corrected chi connectivity index (χ2v) is 3.02. The quantitative estimate of drug-likeness (QED) is 0.671. The average Bonchev–Trinajstić information content (AvgIpc) is 2.17. The standard InChI is InChI=1S/C7H11B2N4O/c1-5(2)13-4-3-6(10-7(13)14)11-9-12-8/h3-5,8H,1-2H3,(H,10,11,14)/i8D. The molecule has 1 rings (SSSR count). The van der Waals surface area contributed by atoms with Crippen molar-refractivity contribution in [3.63, 3.8) is 0 Å². The summed E-state index contributed by atoms with van der Waals surface area (Å²) < 4.78 is 8.18. The third kappa shape index (κ3) is 2.55. The number of hydrogen-bond acceptors (Lipinski definition) is 3. The molecular weight excluding hydrogens is 178 g/mol.